The van der Waals surface area contributed by atoms with E-state index in [-0.39, 0.29) is 41.0 Å². The van der Waals surface area contributed by atoms with Crippen LogP contribution < -0.4 is 9.47 Å². The van der Waals surface area contributed by atoms with Crippen LogP contribution in [-0.4, -0.2) is 49.9 Å². The molecule has 0 radical (unpaired) electrons. The quantitative estimate of drug-likeness (QED) is 0.537. The monoisotopic (exact) mass is 402 g/mol. The normalized spacial score (nSPS) is 19.5. The van der Waals surface area contributed by atoms with E-state index in [1.165, 1.54) is 45.6 Å². The number of benzene rings is 2. The van der Waals surface area contributed by atoms with Gasteiger partial charge in [-0.2, -0.15) is 0 Å². The molecule has 8 nitrogen and oxygen atoms in total. The first kappa shape index (κ1) is 20.5. The predicted molar refractivity (Wildman–Crippen MR) is 101 cm³/mol. The first-order chi connectivity index (χ1) is 13.9. The summed E-state index contributed by atoms with van der Waals surface area (Å²) in [6.07, 6.45) is -0.785. The molecule has 1 aliphatic rings. The number of rotatable bonds is 7. The summed E-state index contributed by atoms with van der Waals surface area (Å²) in [5.41, 5.74) is 0.846. The van der Waals surface area contributed by atoms with Gasteiger partial charge in [-0.1, -0.05) is 6.07 Å². The Morgan fingerprint density at radius 3 is 2.28 bits per heavy atom. The second kappa shape index (κ2) is 8.40. The maximum absolute atomic E-state index is 13.1. The van der Waals surface area contributed by atoms with E-state index in [4.69, 9.17) is 18.9 Å². The number of carbonyl (C=O) groups is 2. The highest BCUT2D eigenvalue weighted by molar-refractivity contribution is 6.01. The molecule has 0 aromatic heterocycles. The van der Waals surface area contributed by atoms with Crippen molar-refractivity contribution in [3.63, 3.8) is 0 Å². The molecule has 1 fully saturated rings. The summed E-state index contributed by atoms with van der Waals surface area (Å²) in [4.78, 5) is 25.6. The van der Waals surface area contributed by atoms with Crippen molar-refractivity contribution in [2.45, 2.75) is 6.10 Å². The molecule has 29 heavy (non-hydrogen) atoms. The van der Waals surface area contributed by atoms with Crippen molar-refractivity contribution >= 4 is 11.8 Å². The molecule has 1 aliphatic heterocycles. The number of esters is 1. The highest BCUT2D eigenvalue weighted by Crippen LogP contribution is 2.40. The van der Waals surface area contributed by atoms with Gasteiger partial charge in [0.15, 0.2) is 28.8 Å². The minimum Gasteiger partial charge on any atom is -0.504 e. The van der Waals surface area contributed by atoms with Crippen LogP contribution in [0, 0.1) is 11.8 Å². The molecule has 3 atom stereocenters. The fourth-order valence-corrected chi connectivity index (χ4v) is 3.52. The zero-order valence-electron chi connectivity index (χ0n) is 16.2. The van der Waals surface area contributed by atoms with Gasteiger partial charge in [-0.3, -0.25) is 9.59 Å². The summed E-state index contributed by atoms with van der Waals surface area (Å²) in [7, 11) is 4.23. The molecule has 1 saturated heterocycles. The number of Topliss-reactive ketones (excluding diaryl/α,β-unsaturated/α-hetero) is 1. The Morgan fingerprint density at radius 2 is 1.66 bits per heavy atom. The number of phenols is 2. The van der Waals surface area contributed by atoms with Crippen molar-refractivity contribution in [1.29, 1.82) is 0 Å². The average Bonchev–Trinajstić information content (AvgIpc) is 3.10. The lowest BCUT2D eigenvalue weighted by Gasteiger charge is -2.24. The van der Waals surface area contributed by atoms with E-state index in [0.29, 0.717) is 5.56 Å². The molecule has 0 spiro atoms. The van der Waals surface area contributed by atoms with Crippen molar-refractivity contribution in [2.24, 2.45) is 11.8 Å². The molecule has 0 saturated carbocycles. The van der Waals surface area contributed by atoms with Crippen LogP contribution in [0.25, 0.3) is 0 Å². The number of carbonyl (C=O) groups excluding carboxylic acids is 2. The molecule has 8 heteroatoms. The molecule has 154 valence electrons. The summed E-state index contributed by atoms with van der Waals surface area (Å²) in [5.74, 6) is -2.32. The zero-order chi connectivity index (χ0) is 21.1. The Bertz CT molecular complexity index is 923. The lowest BCUT2D eigenvalue weighted by Crippen LogP contribution is -2.30. The van der Waals surface area contributed by atoms with Crippen molar-refractivity contribution in [3.8, 4) is 23.0 Å². The van der Waals surface area contributed by atoms with Crippen LogP contribution in [0.1, 0.15) is 22.0 Å². The molecule has 2 aromatic rings. The number of phenolic OH excluding ortho intramolecular Hbond substituents is 2. The molecule has 0 bridgehead atoms. The summed E-state index contributed by atoms with van der Waals surface area (Å²) in [5, 5.41) is 19.6. The standard InChI is InChI=1S/C21H22O8/c1-26-16-8-11(4-6-14(16)22)19(24)13-10-29-21(25)18(13)20(28-3)12-5-7-15(23)17(9-12)27-2/h4-9,13,18,20,22-23H,10H2,1-3H3/t13-,18-,20?/m0/s1. The van der Waals surface area contributed by atoms with Crippen LogP contribution in [0.3, 0.4) is 0 Å². The van der Waals surface area contributed by atoms with Crippen LogP contribution in [0.15, 0.2) is 36.4 Å². The number of aromatic hydroxyl groups is 2. The van der Waals surface area contributed by atoms with E-state index >= 15 is 0 Å². The van der Waals surface area contributed by atoms with Crippen molar-refractivity contribution in [1.82, 2.24) is 0 Å². The smallest absolute Gasteiger partial charge is 0.312 e. The van der Waals surface area contributed by atoms with Gasteiger partial charge in [0.25, 0.3) is 0 Å². The number of hydrogen-bond donors (Lipinski definition) is 2. The fourth-order valence-electron chi connectivity index (χ4n) is 3.52. The van der Waals surface area contributed by atoms with Crippen molar-refractivity contribution in [3.05, 3.63) is 47.5 Å². The molecule has 1 unspecified atom stereocenters. The van der Waals surface area contributed by atoms with Gasteiger partial charge in [0.1, 0.15) is 12.5 Å². The van der Waals surface area contributed by atoms with Gasteiger partial charge in [0.05, 0.1) is 26.2 Å². The first-order valence-electron chi connectivity index (χ1n) is 8.88. The van der Waals surface area contributed by atoms with E-state index in [0.717, 1.165) is 0 Å². The Kier molecular flexibility index (Phi) is 5.93. The minimum absolute atomic E-state index is 0.0519. The van der Waals surface area contributed by atoms with E-state index in [1.807, 2.05) is 0 Å². The largest absolute Gasteiger partial charge is 0.504 e. The fraction of sp³-hybridized carbons (Fsp3) is 0.333. The second-order valence-corrected chi connectivity index (χ2v) is 6.60. The maximum Gasteiger partial charge on any atom is 0.312 e. The van der Waals surface area contributed by atoms with Gasteiger partial charge in [-0.15, -0.1) is 0 Å². The summed E-state index contributed by atoms with van der Waals surface area (Å²) in [6, 6.07) is 8.83. The summed E-state index contributed by atoms with van der Waals surface area (Å²) >= 11 is 0. The highest BCUT2D eigenvalue weighted by atomic mass is 16.5. The number of ketones is 1. The molecule has 2 N–H and O–H groups in total. The SMILES string of the molecule is COc1cc(C(=O)[C@H]2COC(=O)[C@@H]2C(OC)c2ccc(O)c(OC)c2)ccc1O. The summed E-state index contributed by atoms with van der Waals surface area (Å²) < 4.78 is 20.9. The molecular formula is C21H22O8. The van der Waals surface area contributed by atoms with Gasteiger partial charge in [-0.25, -0.2) is 0 Å². The zero-order valence-corrected chi connectivity index (χ0v) is 16.2. The van der Waals surface area contributed by atoms with Crippen LogP contribution in [0.4, 0.5) is 0 Å². The number of methoxy groups -OCH3 is 3. The number of hydrogen-bond acceptors (Lipinski definition) is 8. The third-order valence-electron chi connectivity index (χ3n) is 5.02. The Hall–Kier alpha value is -3.26. The Balaban J connectivity index is 1.96. The van der Waals surface area contributed by atoms with Gasteiger partial charge in [-0.05, 0) is 35.9 Å². The third kappa shape index (κ3) is 3.84. The van der Waals surface area contributed by atoms with E-state index in [9.17, 15) is 19.8 Å². The molecule has 0 aliphatic carbocycles. The average molecular weight is 402 g/mol. The second-order valence-electron chi connectivity index (χ2n) is 6.60. The van der Waals surface area contributed by atoms with E-state index < -0.39 is 23.9 Å². The minimum atomic E-state index is -0.887. The number of cyclic esters (lactones) is 1. The topological polar surface area (TPSA) is 112 Å². The van der Waals surface area contributed by atoms with Gasteiger partial charge in [0, 0.05) is 12.7 Å². The van der Waals surface area contributed by atoms with Gasteiger partial charge in [0.2, 0.25) is 0 Å². The van der Waals surface area contributed by atoms with Crippen molar-refractivity contribution in [2.75, 3.05) is 27.9 Å². The lowest BCUT2D eigenvalue weighted by atomic mass is 9.82. The van der Waals surface area contributed by atoms with Crippen LogP contribution in [-0.2, 0) is 14.3 Å². The maximum atomic E-state index is 13.1. The molecule has 3 rings (SSSR count). The molecule has 0 amide bonds. The third-order valence-corrected chi connectivity index (χ3v) is 5.02. The Morgan fingerprint density at radius 1 is 1.03 bits per heavy atom. The van der Waals surface area contributed by atoms with Crippen LogP contribution in [0.2, 0.25) is 0 Å². The first-order valence-corrected chi connectivity index (χ1v) is 8.88. The molecular weight excluding hydrogens is 380 g/mol. The molecule has 2 aromatic carbocycles. The van der Waals surface area contributed by atoms with Crippen LogP contribution in [0.5, 0.6) is 23.0 Å². The predicted octanol–water partition coefficient (Wildman–Crippen LogP) is 2.47. The number of ether oxygens (including phenoxy) is 4. The van der Waals surface area contributed by atoms with Gasteiger partial charge >= 0.3 is 5.97 Å². The highest BCUT2D eigenvalue weighted by Gasteiger charge is 2.47. The van der Waals surface area contributed by atoms with Crippen molar-refractivity contribution < 1.29 is 38.7 Å². The van der Waals surface area contributed by atoms with E-state index in [2.05, 4.69) is 0 Å². The van der Waals surface area contributed by atoms with E-state index in [1.54, 1.807) is 12.1 Å². The molecule has 1 heterocycles. The lowest BCUT2D eigenvalue weighted by molar-refractivity contribution is -0.145. The van der Waals surface area contributed by atoms with Crippen LogP contribution >= 0.6 is 0 Å². The van der Waals surface area contributed by atoms with Gasteiger partial charge < -0.3 is 29.2 Å². The Labute approximate surface area is 167 Å². The summed E-state index contributed by atoms with van der Waals surface area (Å²) in [6.45, 7) is -0.0827.